The summed E-state index contributed by atoms with van der Waals surface area (Å²) >= 11 is 1.54. The number of nitrogens with zero attached hydrogens (tertiary/aromatic N) is 1. The zero-order chi connectivity index (χ0) is 19.2. The van der Waals surface area contributed by atoms with Gasteiger partial charge < -0.3 is 9.73 Å². The van der Waals surface area contributed by atoms with E-state index in [1.54, 1.807) is 6.92 Å². The summed E-state index contributed by atoms with van der Waals surface area (Å²) in [5, 5.41) is 4.78. The minimum atomic E-state index is -1.33. The molecule has 0 saturated heterocycles. The highest BCUT2D eigenvalue weighted by Crippen LogP contribution is 2.26. The normalized spacial score (nSPS) is 12.1. The maximum atomic E-state index is 12.3. The summed E-state index contributed by atoms with van der Waals surface area (Å²) < 4.78 is 18.0. The van der Waals surface area contributed by atoms with Crippen LogP contribution in [0, 0.1) is 13.8 Å². The van der Waals surface area contributed by atoms with Crippen molar-refractivity contribution in [1.29, 1.82) is 0 Å². The van der Waals surface area contributed by atoms with Crippen molar-refractivity contribution in [3.05, 3.63) is 64.4 Å². The van der Waals surface area contributed by atoms with Crippen LogP contribution in [-0.4, -0.2) is 27.4 Å². The molecule has 0 spiro atoms. The van der Waals surface area contributed by atoms with Crippen LogP contribution in [0.2, 0.25) is 0 Å². The number of hydrogen-bond acceptors (Lipinski definition) is 5. The predicted molar refractivity (Wildman–Crippen MR) is 109 cm³/mol. The van der Waals surface area contributed by atoms with Crippen LogP contribution < -0.4 is 5.32 Å². The van der Waals surface area contributed by atoms with Gasteiger partial charge in [-0.3, -0.25) is 9.00 Å². The average Bonchev–Trinajstić information content (AvgIpc) is 3.27. The minimum Gasteiger partial charge on any atom is -0.440 e. The molecule has 2 heterocycles. The van der Waals surface area contributed by atoms with Gasteiger partial charge in [0.25, 0.3) is 0 Å². The van der Waals surface area contributed by atoms with Crippen molar-refractivity contribution in [2.75, 3.05) is 12.3 Å². The summed E-state index contributed by atoms with van der Waals surface area (Å²) in [6.07, 6.45) is 0.755. The van der Waals surface area contributed by atoms with Crippen LogP contribution in [-0.2, 0) is 27.8 Å². The second-order valence-corrected chi connectivity index (χ2v) is 8.72. The topological polar surface area (TPSA) is 72.2 Å². The number of hydrogen-bond donors (Lipinski definition) is 1. The van der Waals surface area contributed by atoms with Gasteiger partial charge in [0.05, 0.1) is 16.3 Å². The molecule has 2 aromatic heterocycles. The van der Waals surface area contributed by atoms with Crippen LogP contribution in [0.15, 0.2) is 46.2 Å². The molecule has 1 atom stereocenters. The highest BCUT2D eigenvalue weighted by Gasteiger charge is 2.16. The summed E-state index contributed by atoms with van der Waals surface area (Å²) in [5.74, 6) is 1.16. The molecule has 0 aliphatic heterocycles. The highest BCUT2D eigenvalue weighted by atomic mass is 32.2. The van der Waals surface area contributed by atoms with Crippen LogP contribution in [0.5, 0.6) is 0 Å². The first kappa shape index (κ1) is 19.5. The Hall–Kier alpha value is -2.25. The standard InChI is InChI=1S/C20H22N2O3S2/c1-14-5-7-16(8-6-14)9-10-21-19(23)13-27(24)12-17-15(2)25-20(22-17)18-4-3-11-26-18/h3-8,11H,9-10,12-13H2,1-2H3,(H,21,23)/t27-/m0/s1. The van der Waals surface area contributed by atoms with Gasteiger partial charge in [0.1, 0.15) is 11.5 Å². The Morgan fingerprint density at radius 1 is 1.22 bits per heavy atom. The summed E-state index contributed by atoms with van der Waals surface area (Å²) in [6.45, 7) is 4.38. The van der Waals surface area contributed by atoms with E-state index in [4.69, 9.17) is 4.42 Å². The fraction of sp³-hybridized carbons (Fsp3) is 0.300. The van der Waals surface area contributed by atoms with E-state index in [1.807, 2.05) is 24.4 Å². The molecule has 0 bridgehead atoms. The monoisotopic (exact) mass is 402 g/mol. The van der Waals surface area contributed by atoms with E-state index in [-0.39, 0.29) is 17.4 Å². The van der Waals surface area contributed by atoms with Crippen LogP contribution in [0.1, 0.15) is 22.6 Å². The van der Waals surface area contributed by atoms with Crippen LogP contribution in [0.4, 0.5) is 0 Å². The van der Waals surface area contributed by atoms with Gasteiger partial charge in [0.2, 0.25) is 11.8 Å². The number of rotatable bonds is 8. The molecule has 1 N–H and O–H groups in total. The van der Waals surface area contributed by atoms with Gasteiger partial charge in [0.15, 0.2) is 0 Å². The number of oxazole rings is 1. The van der Waals surface area contributed by atoms with Crippen molar-refractivity contribution < 1.29 is 13.4 Å². The first-order valence-electron chi connectivity index (χ1n) is 8.68. The van der Waals surface area contributed by atoms with E-state index >= 15 is 0 Å². The summed E-state index contributed by atoms with van der Waals surface area (Å²) in [4.78, 5) is 17.4. The second-order valence-electron chi connectivity index (χ2n) is 6.31. The number of nitrogens with one attached hydrogen (secondary N) is 1. The number of carbonyl (C=O) groups excluding carboxylic acids is 1. The molecule has 27 heavy (non-hydrogen) atoms. The van der Waals surface area contributed by atoms with E-state index in [0.717, 1.165) is 11.3 Å². The second kappa shape index (κ2) is 9.10. The molecule has 0 aliphatic carbocycles. The van der Waals surface area contributed by atoms with Crippen molar-refractivity contribution in [3.63, 3.8) is 0 Å². The van der Waals surface area contributed by atoms with Gasteiger partial charge in [-0.2, -0.15) is 0 Å². The Balaban J connectivity index is 1.46. The Labute approximate surface area is 165 Å². The molecule has 3 rings (SSSR count). The van der Waals surface area contributed by atoms with Crippen molar-refractivity contribution in [1.82, 2.24) is 10.3 Å². The molecule has 1 aromatic carbocycles. The molecule has 0 radical (unpaired) electrons. The molecule has 0 aliphatic rings. The van der Waals surface area contributed by atoms with Crippen molar-refractivity contribution >= 4 is 28.0 Å². The molecular weight excluding hydrogens is 380 g/mol. The van der Waals surface area contributed by atoms with Gasteiger partial charge >= 0.3 is 0 Å². The largest absolute Gasteiger partial charge is 0.440 e. The third-order valence-electron chi connectivity index (χ3n) is 4.07. The quantitative estimate of drug-likeness (QED) is 0.625. The Morgan fingerprint density at radius 3 is 2.70 bits per heavy atom. The highest BCUT2D eigenvalue weighted by molar-refractivity contribution is 7.84. The Morgan fingerprint density at radius 2 is 2.00 bits per heavy atom. The number of aryl methyl sites for hydroxylation is 2. The number of carbonyl (C=O) groups is 1. The van der Waals surface area contributed by atoms with Gasteiger partial charge in [0, 0.05) is 17.3 Å². The smallest absolute Gasteiger partial charge is 0.236 e. The Kier molecular flexibility index (Phi) is 6.58. The van der Waals surface area contributed by atoms with E-state index < -0.39 is 10.8 Å². The van der Waals surface area contributed by atoms with Gasteiger partial charge in [-0.1, -0.05) is 35.9 Å². The Bertz CT molecular complexity index is 915. The molecule has 5 nitrogen and oxygen atoms in total. The summed E-state index contributed by atoms with van der Waals surface area (Å²) in [6, 6.07) is 12.1. The third kappa shape index (κ3) is 5.61. The van der Waals surface area contributed by atoms with Crippen LogP contribution >= 0.6 is 11.3 Å². The van der Waals surface area contributed by atoms with Gasteiger partial charge in [-0.15, -0.1) is 11.3 Å². The van der Waals surface area contributed by atoms with E-state index in [9.17, 15) is 9.00 Å². The minimum absolute atomic E-state index is 0.0332. The van der Waals surface area contributed by atoms with Gasteiger partial charge in [-0.05, 0) is 37.3 Å². The van der Waals surface area contributed by atoms with Gasteiger partial charge in [-0.25, -0.2) is 4.98 Å². The lowest BCUT2D eigenvalue weighted by molar-refractivity contribution is -0.118. The molecule has 0 fully saturated rings. The lowest BCUT2D eigenvalue weighted by atomic mass is 10.1. The fourth-order valence-electron chi connectivity index (χ4n) is 2.57. The van der Waals surface area contributed by atoms with Crippen LogP contribution in [0.3, 0.4) is 0 Å². The predicted octanol–water partition coefficient (Wildman–Crippen LogP) is 3.63. The maximum Gasteiger partial charge on any atom is 0.236 e. The number of amides is 1. The average molecular weight is 403 g/mol. The molecule has 3 aromatic rings. The first-order valence-corrected chi connectivity index (χ1v) is 11.1. The molecular formula is C20H22N2O3S2. The number of benzene rings is 1. The molecule has 142 valence electrons. The van der Waals surface area contributed by atoms with Crippen molar-refractivity contribution in [2.24, 2.45) is 0 Å². The molecule has 7 heteroatoms. The summed E-state index contributed by atoms with van der Waals surface area (Å²) in [7, 11) is -1.33. The zero-order valence-electron chi connectivity index (χ0n) is 15.4. The third-order valence-corrected chi connectivity index (χ3v) is 6.11. The van der Waals surface area contributed by atoms with Crippen molar-refractivity contribution in [3.8, 4) is 10.8 Å². The van der Waals surface area contributed by atoms with Crippen molar-refractivity contribution in [2.45, 2.75) is 26.0 Å². The molecule has 0 saturated carbocycles. The zero-order valence-corrected chi connectivity index (χ0v) is 17.0. The van der Waals surface area contributed by atoms with E-state index in [0.29, 0.717) is 23.9 Å². The lowest BCUT2D eigenvalue weighted by Crippen LogP contribution is -2.30. The maximum absolute atomic E-state index is 12.3. The molecule has 1 amide bonds. The van der Waals surface area contributed by atoms with E-state index in [2.05, 4.69) is 34.6 Å². The summed E-state index contributed by atoms with van der Waals surface area (Å²) in [5.41, 5.74) is 3.02. The first-order chi connectivity index (χ1) is 13.0. The SMILES string of the molecule is Cc1ccc(CCNC(=O)C[S@@](=O)Cc2nc(-c3cccs3)oc2C)cc1. The molecule has 0 unspecified atom stereocenters. The number of thiophene rings is 1. The lowest BCUT2D eigenvalue weighted by Gasteiger charge is -2.05. The number of aromatic nitrogens is 1. The van der Waals surface area contributed by atoms with E-state index in [1.165, 1.54) is 22.5 Å². The van der Waals surface area contributed by atoms with Crippen LogP contribution in [0.25, 0.3) is 10.8 Å². The fourth-order valence-corrected chi connectivity index (χ4v) is 4.29.